The van der Waals surface area contributed by atoms with E-state index < -0.39 is 0 Å². The number of ether oxygens (including phenoxy) is 1. The molecule has 1 saturated heterocycles. The summed E-state index contributed by atoms with van der Waals surface area (Å²) in [6, 6.07) is 0.00991. The quantitative estimate of drug-likeness (QED) is 0.630. The normalized spacial score (nSPS) is 19.3. The van der Waals surface area contributed by atoms with Crippen LogP contribution in [0, 0.1) is 0 Å². The average Bonchev–Trinajstić information content (AvgIpc) is 2.64. The van der Waals surface area contributed by atoms with Crippen LogP contribution in [0.1, 0.15) is 6.42 Å². The maximum atomic E-state index is 11.0. The Morgan fingerprint density at radius 1 is 1.62 bits per heavy atom. The molecule has 1 unspecified atom stereocenters. The molecule has 1 amide bonds. The Balaban J connectivity index is 2.14. The summed E-state index contributed by atoms with van der Waals surface area (Å²) >= 11 is 0. The molecule has 1 fully saturated rings. The molecule has 0 saturated carbocycles. The van der Waals surface area contributed by atoms with Crippen LogP contribution in [0.3, 0.4) is 0 Å². The van der Waals surface area contributed by atoms with E-state index in [1.54, 1.807) is 0 Å². The summed E-state index contributed by atoms with van der Waals surface area (Å²) in [6.07, 6.45) is 1.78. The van der Waals surface area contributed by atoms with Gasteiger partial charge in [0.1, 0.15) is 6.33 Å². The van der Waals surface area contributed by atoms with E-state index in [-0.39, 0.29) is 17.8 Å². The van der Waals surface area contributed by atoms with Crippen molar-refractivity contribution in [2.24, 2.45) is 0 Å². The van der Waals surface area contributed by atoms with Gasteiger partial charge in [-0.15, -0.1) is 0 Å². The Morgan fingerprint density at radius 2 is 2.44 bits per heavy atom. The van der Waals surface area contributed by atoms with Gasteiger partial charge in [0.2, 0.25) is 11.7 Å². The molecule has 1 atom stereocenters. The fourth-order valence-electron chi connectivity index (χ4n) is 1.59. The fourth-order valence-corrected chi connectivity index (χ4v) is 1.59. The topological polar surface area (TPSA) is 102 Å². The van der Waals surface area contributed by atoms with Crippen LogP contribution < -0.4 is 21.1 Å². The van der Waals surface area contributed by atoms with Crippen molar-refractivity contribution in [2.75, 3.05) is 24.7 Å². The van der Waals surface area contributed by atoms with Gasteiger partial charge in [-0.3, -0.25) is 4.79 Å². The minimum absolute atomic E-state index is 0.00991. The molecular formula is C9H13N5O2. The summed E-state index contributed by atoms with van der Waals surface area (Å²) in [7, 11) is 1.50. The van der Waals surface area contributed by atoms with E-state index >= 15 is 0 Å². The molecule has 1 aromatic heterocycles. The molecule has 0 aromatic carbocycles. The molecular weight excluding hydrogens is 210 g/mol. The third-order valence-corrected chi connectivity index (χ3v) is 2.35. The number of anilines is 2. The zero-order valence-corrected chi connectivity index (χ0v) is 8.86. The standard InChI is InChI=1S/C9H13N5O2/c1-16-7-8(10)12-4-13-9(7)14-5-2-6(15)11-3-5/h4-5H,2-3H2,1H3,(H,11,15)(H3,10,12,13,14). The van der Waals surface area contributed by atoms with Crippen LogP contribution in [-0.2, 0) is 4.79 Å². The summed E-state index contributed by atoms with van der Waals surface area (Å²) in [5.41, 5.74) is 5.63. The molecule has 4 N–H and O–H groups in total. The Kier molecular flexibility index (Phi) is 2.76. The maximum Gasteiger partial charge on any atom is 0.222 e. The first-order valence-corrected chi connectivity index (χ1v) is 4.88. The third kappa shape index (κ3) is 1.97. The summed E-state index contributed by atoms with van der Waals surface area (Å²) in [5, 5.41) is 5.82. The number of methoxy groups -OCH3 is 1. The van der Waals surface area contributed by atoms with Gasteiger partial charge in [-0.2, -0.15) is 0 Å². The van der Waals surface area contributed by atoms with Crippen LogP contribution in [0.15, 0.2) is 6.33 Å². The number of hydrogen-bond donors (Lipinski definition) is 3. The Bertz CT molecular complexity index is 409. The third-order valence-electron chi connectivity index (χ3n) is 2.35. The number of carbonyl (C=O) groups is 1. The predicted molar refractivity (Wildman–Crippen MR) is 58.0 cm³/mol. The molecule has 86 valence electrons. The lowest BCUT2D eigenvalue weighted by Crippen LogP contribution is -2.23. The molecule has 1 aromatic rings. The van der Waals surface area contributed by atoms with Crippen molar-refractivity contribution in [2.45, 2.75) is 12.5 Å². The number of nitrogen functional groups attached to an aromatic ring is 1. The highest BCUT2D eigenvalue weighted by Gasteiger charge is 2.23. The number of nitrogens with one attached hydrogen (secondary N) is 2. The minimum atomic E-state index is 0.00991. The van der Waals surface area contributed by atoms with Crippen molar-refractivity contribution in [1.82, 2.24) is 15.3 Å². The molecule has 2 rings (SSSR count). The van der Waals surface area contributed by atoms with E-state index in [0.717, 1.165) is 0 Å². The molecule has 7 nitrogen and oxygen atoms in total. The van der Waals surface area contributed by atoms with Crippen molar-refractivity contribution >= 4 is 17.5 Å². The van der Waals surface area contributed by atoms with Crippen molar-refractivity contribution in [3.8, 4) is 5.75 Å². The zero-order chi connectivity index (χ0) is 11.5. The van der Waals surface area contributed by atoms with Gasteiger partial charge in [0, 0.05) is 13.0 Å². The van der Waals surface area contributed by atoms with E-state index in [1.165, 1.54) is 13.4 Å². The van der Waals surface area contributed by atoms with Crippen molar-refractivity contribution < 1.29 is 9.53 Å². The van der Waals surface area contributed by atoms with Crippen LogP contribution in [0.25, 0.3) is 0 Å². The van der Waals surface area contributed by atoms with Gasteiger partial charge in [-0.1, -0.05) is 0 Å². The van der Waals surface area contributed by atoms with E-state index in [1.807, 2.05) is 0 Å². The molecule has 7 heteroatoms. The second kappa shape index (κ2) is 4.21. The van der Waals surface area contributed by atoms with Gasteiger partial charge in [0.25, 0.3) is 0 Å². The van der Waals surface area contributed by atoms with E-state index in [0.29, 0.717) is 24.5 Å². The number of aromatic nitrogens is 2. The molecule has 0 bridgehead atoms. The van der Waals surface area contributed by atoms with E-state index in [2.05, 4.69) is 20.6 Å². The number of nitrogens with zero attached hydrogens (tertiary/aromatic N) is 2. The lowest BCUT2D eigenvalue weighted by Gasteiger charge is -2.14. The predicted octanol–water partition coefficient (Wildman–Crippen LogP) is -0.632. The van der Waals surface area contributed by atoms with Gasteiger partial charge < -0.3 is 21.1 Å². The molecule has 1 aliphatic heterocycles. The highest BCUT2D eigenvalue weighted by molar-refractivity contribution is 5.79. The maximum absolute atomic E-state index is 11.0. The minimum Gasteiger partial charge on any atom is -0.490 e. The monoisotopic (exact) mass is 223 g/mol. The lowest BCUT2D eigenvalue weighted by atomic mass is 10.2. The van der Waals surface area contributed by atoms with Gasteiger partial charge in [-0.05, 0) is 0 Å². The average molecular weight is 223 g/mol. The molecule has 0 spiro atoms. The van der Waals surface area contributed by atoms with Crippen molar-refractivity contribution in [3.05, 3.63) is 6.33 Å². The highest BCUT2D eigenvalue weighted by Crippen LogP contribution is 2.27. The summed E-state index contributed by atoms with van der Waals surface area (Å²) < 4.78 is 5.10. The largest absolute Gasteiger partial charge is 0.490 e. The second-order valence-electron chi connectivity index (χ2n) is 3.49. The van der Waals surface area contributed by atoms with Crippen molar-refractivity contribution in [1.29, 1.82) is 0 Å². The Hall–Kier alpha value is -2.05. The van der Waals surface area contributed by atoms with E-state index in [4.69, 9.17) is 10.5 Å². The van der Waals surface area contributed by atoms with Gasteiger partial charge in [-0.25, -0.2) is 9.97 Å². The first kappa shape index (κ1) is 10.5. The van der Waals surface area contributed by atoms with Crippen LogP contribution in [0.5, 0.6) is 5.75 Å². The first-order valence-electron chi connectivity index (χ1n) is 4.88. The zero-order valence-electron chi connectivity index (χ0n) is 8.86. The van der Waals surface area contributed by atoms with Gasteiger partial charge in [0.05, 0.1) is 13.2 Å². The lowest BCUT2D eigenvalue weighted by molar-refractivity contribution is -0.119. The van der Waals surface area contributed by atoms with Gasteiger partial charge >= 0.3 is 0 Å². The van der Waals surface area contributed by atoms with Crippen LogP contribution in [0.4, 0.5) is 11.6 Å². The van der Waals surface area contributed by atoms with E-state index in [9.17, 15) is 4.79 Å². The second-order valence-corrected chi connectivity index (χ2v) is 3.49. The summed E-state index contributed by atoms with van der Waals surface area (Å²) in [5.74, 6) is 1.22. The smallest absolute Gasteiger partial charge is 0.222 e. The number of amides is 1. The van der Waals surface area contributed by atoms with Crippen LogP contribution in [-0.4, -0.2) is 35.6 Å². The molecule has 2 heterocycles. The molecule has 0 radical (unpaired) electrons. The molecule has 0 aliphatic carbocycles. The van der Waals surface area contributed by atoms with Crippen LogP contribution in [0.2, 0.25) is 0 Å². The van der Waals surface area contributed by atoms with Crippen molar-refractivity contribution in [3.63, 3.8) is 0 Å². The number of hydrogen-bond acceptors (Lipinski definition) is 6. The Morgan fingerprint density at radius 3 is 3.06 bits per heavy atom. The molecule has 1 aliphatic rings. The summed E-state index contributed by atoms with van der Waals surface area (Å²) in [4.78, 5) is 18.9. The van der Waals surface area contributed by atoms with Gasteiger partial charge in [0.15, 0.2) is 11.6 Å². The Labute approximate surface area is 92.4 Å². The number of rotatable bonds is 3. The van der Waals surface area contributed by atoms with Crippen LogP contribution >= 0.6 is 0 Å². The highest BCUT2D eigenvalue weighted by atomic mass is 16.5. The number of nitrogens with two attached hydrogens (primary N) is 1. The SMILES string of the molecule is COc1c(N)ncnc1NC1CNC(=O)C1. The summed E-state index contributed by atoms with van der Waals surface area (Å²) in [6.45, 7) is 0.575. The first-order chi connectivity index (χ1) is 7.70. The number of carbonyl (C=O) groups excluding carboxylic acids is 1. The fraction of sp³-hybridized carbons (Fsp3) is 0.444. The molecule has 16 heavy (non-hydrogen) atoms.